The van der Waals surface area contributed by atoms with E-state index in [1.165, 1.54) is 0 Å². The van der Waals surface area contributed by atoms with Crippen LogP contribution >= 0.6 is 15.9 Å². The minimum Gasteiger partial charge on any atom is -0.478 e. The minimum absolute atomic E-state index is 0.0263. The average Bonchev–Trinajstić information content (AvgIpc) is 2.01. The van der Waals surface area contributed by atoms with E-state index in [4.69, 9.17) is 7.85 Å². The van der Waals surface area contributed by atoms with Gasteiger partial charge in [0.2, 0.25) is 0 Å². The molecule has 0 saturated carbocycles. The SMILES string of the molecule is [2H]c1c(F)cc(Br)c([2H])c1C(=O)O. The van der Waals surface area contributed by atoms with Crippen molar-refractivity contribution in [2.75, 3.05) is 0 Å². The van der Waals surface area contributed by atoms with Crippen LogP contribution in [0.1, 0.15) is 13.1 Å². The van der Waals surface area contributed by atoms with E-state index in [1.54, 1.807) is 0 Å². The Morgan fingerprint density at radius 3 is 2.91 bits per heavy atom. The molecule has 0 saturated heterocycles. The van der Waals surface area contributed by atoms with Gasteiger partial charge in [-0.05, 0) is 18.2 Å². The van der Waals surface area contributed by atoms with Crippen LogP contribution in [0, 0.1) is 5.82 Å². The first kappa shape index (κ1) is 5.71. The summed E-state index contributed by atoms with van der Waals surface area (Å²) in [6.07, 6.45) is 0. The van der Waals surface area contributed by atoms with Crippen LogP contribution in [0.5, 0.6) is 0 Å². The molecule has 0 amide bonds. The number of hydrogen-bond acceptors (Lipinski definition) is 1. The van der Waals surface area contributed by atoms with Crippen LogP contribution in [0.15, 0.2) is 22.6 Å². The molecule has 0 fully saturated rings. The molecule has 1 N–H and O–H groups in total. The van der Waals surface area contributed by atoms with E-state index in [0.717, 1.165) is 6.07 Å². The van der Waals surface area contributed by atoms with E-state index in [1.807, 2.05) is 0 Å². The van der Waals surface area contributed by atoms with Crippen molar-refractivity contribution < 1.29 is 17.0 Å². The Balaban J connectivity index is 3.56. The van der Waals surface area contributed by atoms with Gasteiger partial charge in [0.25, 0.3) is 0 Å². The summed E-state index contributed by atoms with van der Waals surface area (Å²) in [5.41, 5.74) is -0.633. The monoisotopic (exact) mass is 220 g/mol. The molecule has 0 radical (unpaired) electrons. The Morgan fingerprint density at radius 2 is 2.36 bits per heavy atom. The van der Waals surface area contributed by atoms with Crippen LogP contribution in [0.3, 0.4) is 0 Å². The molecular formula is C7H4BrFO2. The van der Waals surface area contributed by atoms with Crippen LogP contribution in [0.25, 0.3) is 0 Å². The first-order chi connectivity index (χ1) is 5.95. The fraction of sp³-hybridized carbons (Fsp3) is 0. The maximum atomic E-state index is 12.8. The molecule has 0 heterocycles. The van der Waals surface area contributed by atoms with Crippen molar-refractivity contribution in [1.82, 2.24) is 0 Å². The van der Waals surface area contributed by atoms with Gasteiger partial charge in [0, 0.05) is 4.47 Å². The average molecular weight is 221 g/mol. The third kappa shape index (κ3) is 2.01. The van der Waals surface area contributed by atoms with Crippen molar-refractivity contribution in [2.45, 2.75) is 0 Å². The van der Waals surface area contributed by atoms with Gasteiger partial charge in [-0.2, -0.15) is 0 Å². The van der Waals surface area contributed by atoms with E-state index in [9.17, 15) is 9.18 Å². The van der Waals surface area contributed by atoms with Gasteiger partial charge in [0.15, 0.2) is 0 Å². The zero-order valence-corrected chi connectivity index (χ0v) is 6.77. The lowest BCUT2D eigenvalue weighted by Gasteiger charge is -1.95. The molecular weight excluding hydrogens is 215 g/mol. The highest BCUT2D eigenvalue weighted by atomic mass is 79.9. The zero-order valence-electron chi connectivity index (χ0n) is 7.19. The van der Waals surface area contributed by atoms with Crippen molar-refractivity contribution in [3.63, 3.8) is 0 Å². The first-order valence-corrected chi connectivity index (χ1v) is 3.43. The number of aromatic carboxylic acids is 1. The lowest BCUT2D eigenvalue weighted by atomic mass is 10.2. The topological polar surface area (TPSA) is 37.3 Å². The molecule has 0 aliphatic heterocycles. The molecule has 0 unspecified atom stereocenters. The molecule has 1 aromatic carbocycles. The number of carbonyl (C=O) groups is 1. The second kappa shape index (κ2) is 3.00. The second-order valence-corrected chi connectivity index (χ2v) is 2.62. The van der Waals surface area contributed by atoms with E-state index in [2.05, 4.69) is 15.9 Å². The van der Waals surface area contributed by atoms with Crippen LogP contribution in [0.4, 0.5) is 4.39 Å². The maximum Gasteiger partial charge on any atom is 0.335 e. The third-order valence-corrected chi connectivity index (χ3v) is 1.38. The van der Waals surface area contributed by atoms with Gasteiger partial charge in [-0.3, -0.25) is 0 Å². The molecule has 4 heteroatoms. The predicted molar refractivity (Wildman–Crippen MR) is 41.1 cm³/mol. The fourth-order valence-electron chi connectivity index (χ4n) is 0.560. The molecule has 0 atom stereocenters. The lowest BCUT2D eigenvalue weighted by Crippen LogP contribution is -1.96. The summed E-state index contributed by atoms with van der Waals surface area (Å²) in [5, 5.41) is 8.57. The highest BCUT2D eigenvalue weighted by Gasteiger charge is 2.04. The number of carboxylic acid groups (broad SMARTS) is 1. The summed E-state index contributed by atoms with van der Waals surface area (Å²) in [5.74, 6) is -2.43. The van der Waals surface area contributed by atoms with Gasteiger partial charge >= 0.3 is 5.97 Å². The standard InChI is InChI=1S/C7H4BrFO2/c8-5-1-4(7(10)11)2-6(9)3-5/h1-3H,(H,10,11)/i1D,2D. The Hall–Kier alpha value is -0.900. The molecule has 58 valence electrons. The Bertz CT molecular complexity index is 355. The van der Waals surface area contributed by atoms with Crippen LogP contribution in [0.2, 0.25) is 0 Å². The molecule has 11 heavy (non-hydrogen) atoms. The normalized spacial score (nSPS) is 12.2. The van der Waals surface area contributed by atoms with Gasteiger partial charge < -0.3 is 5.11 Å². The van der Waals surface area contributed by atoms with E-state index in [-0.39, 0.29) is 10.5 Å². The number of benzene rings is 1. The minimum atomic E-state index is -1.48. The van der Waals surface area contributed by atoms with Crippen molar-refractivity contribution in [2.24, 2.45) is 0 Å². The quantitative estimate of drug-likeness (QED) is 0.789. The highest BCUT2D eigenvalue weighted by Crippen LogP contribution is 2.14. The Labute approximate surface area is 73.6 Å². The highest BCUT2D eigenvalue weighted by molar-refractivity contribution is 9.10. The van der Waals surface area contributed by atoms with Gasteiger partial charge in [0.1, 0.15) is 5.82 Å². The van der Waals surface area contributed by atoms with Crippen molar-refractivity contribution in [3.05, 3.63) is 34.0 Å². The molecule has 1 rings (SSSR count). The predicted octanol–water partition coefficient (Wildman–Crippen LogP) is 2.29. The van der Waals surface area contributed by atoms with Crippen LogP contribution < -0.4 is 0 Å². The molecule has 0 aliphatic rings. The number of carboxylic acids is 1. The molecule has 0 bridgehead atoms. The summed E-state index contributed by atoms with van der Waals surface area (Å²) < 4.78 is 27.2. The fourth-order valence-corrected chi connectivity index (χ4v) is 0.960. The van der Waals surface area contributed by atoms with Crippen molar-refractivity contribution in [1.29, 1.82) is 0 Å². The molecule has 1 aromatic rings. The molecule has 0 aliphatic carbocycles. The number of hydrogen-bond donors (Lipinski definition) is 1. The summed E-state index contributed by atoms with van der Waals surface area (Å²) in [7, 11) is 0. The zero-order chi connectivity index (χ0) is 10.2. The Morgan fingerprint density at radius 1 is 1.73 bits per heavy atom. The van der Waals surface area contributed by atoms with E-state index < -0.39 is 23.4 Å². The smallest absolute Gasteiger partial charge is 0.335 e. The largest absolute Gasteiger partial charge is 0.478 e. The van der Waals surface area contributed by atoms with Gasteiger partial charge in [-0.1, -0.05) is 15.9 Å². The lowest BCUT2D eigenvalue weighted by molar-refractivity contribution is 0.0696. The summed E-state index contributed by atoms with van der Waals surface area (Å²) in [6.45, 7) is 0. The number of halogens is 2. The first-order valence-electron chi connectivity index (χ1n) is 3.63. The van der Waals surface area contributed by atoms with Crippen LogP contribution in [-0.2, 0) is 0 Å². The van der Waals surface area contributed by atoms with Gasteiger partial charge in [-0.25, -0.2) is 9.18 Å². The summed E-state index contributed by atoms with van der Waals surface area (Å²) in [4.78, 5) is 10.5. The summed E-state index contributed by atoms with van der Waals surface area (Å²) in [6, 6.07) is -0.253. The third-order valence-electron chi connectivity index (χ3n) is 0.956. The summed E-state index contributed by atoms with van der Waals surface area (Å²) >= 11 is 2.83. The van der Waals surface area contributed by atoms with E-state index in [0.29, 0.717) is 0 Å². The van der Waals surface area contributed by atoms with Crippen molar-refractivity contribution in [3.8, 4) is 0 Å². The molecule has 0 aromatic heterocycles. The maximum absolute atomic E-state index is 12.8. The van der Waals surface area contributed by atoms with Gasteiger partial charge in [0.05, 0.1) is 8.30 Å². The van der Waals surface area contributed by atoms with Crippen molar-refractivity contribution >= 4 is 21.9 Å². The molecule has 2 nitrogen and oxygen atoms in total. The van der Waals surface area contributed by atoms with E-state index >= 15 is 0 Å². The van der Waals surface area contributed by atoms with Crippen LogP contribution in [-0.4, -0.2) is 11.1 Å². The van der Waals surface area contributed by atoms with Gasteiger partial charge in [-0.15, -0.1) is 0 Å². The Kier molecular flexibility index (Phi) is 1.56. The second-order valence-electron chi connectivity index (χ2n) is 1.77. The molecule has 0 spiro atoms. The number of rotatable bonds is 1.